The molecule has 0 aliphatic rings. The molecule has 0 radical (unpaired) electrons. The molecule has 0 aliphatic carbocycles. The Balaban J connectivity index is 1.89. The molecule has 30 heavy (non-hydrogen) atoms. The minimum Gasteiger partial charge on any atom is -0.261 e. The fourth-order valence-electron chi connectivity index (χ4n) is 4.11. The number of hydrogen-bond acceptors (Lipinski definition) is 2. The second-order valence-electron chi connectivity index (χ2n) is 7.65. The van der Waals surface area contributed by atoms with Gasteiger partial charge in [0.1, 0.15) is 0 Å². The number of benzene rings is 2. The Labute approximate surface area is 179 Å². The van der Waals surface area contributed by atoms with E-state index in [0.717, 1.165) is 24.2 Å². The van der Waals surface area contributed by atoms with Crippen LogP contribution in [0, 0.1) is 0 Å². The van der Waals surface area contributed by atoms with E-state index in [1.165, 1.54) is 22.3 Å². The van der Waals surface area contributed by atoms with Crippen LogP contribution in [0.4, 0.5) is 0 Å². The van der Waals surface area contributed by atoms with E-state index in [1.807, 2.05) is 24.5 Å². The number of hydrogen-bond donors (Lipinski definition) is 0. The molecule has 2 nitrogen and oxygen atoms in total. The summed E-state index contributed by atoms with van der Waals surface area (Å²) in [6, 6.07) is 30.4. The van der Waals surface area contributed by atoms with Crippen LogP contribution in [-0.4, -0.2) is 9.97 Å². The van der Waals surface area contributed by atoms with E-state index in [-0.39, 0.29) is 11.8 Å². The van der Waals surface area contributed by atoms with Crippen molar-refractivity contribution in [1.29, 1.82) is 0 Å². The maximum absolute atomic E-state index is 4.78. The van der Waals surface area contributed by atoms with Crippen LogP contribution < -0.4 is 0 Å². The van der Waals surface area contributed by atoms with Crippen molar-refractivity contribution in [3.63, 3.8) is 0 Å². The summed E-state index contributed by atoms with van der Waals surface area (Å²) < 4.78 is 0. The lowest BCUT2D eigenvalue weighted by Crippen LogP contribution is -2.17. The first-order valence-electron chi connectivity index (χ1n) is 10.8. The third-order valence-electron chi connectivity index (χ3n) is 5.84. The highest BCUT2D eigenvalue weighted by Crippen LogP contribution is 2.41. The first-order chi connectivity index (χ1) is 14.8. The maximum Gasteiger partial charge on any atom is 0.0488 e. The van der Waals surface area contributed by atoms with E-state index in [4.69, 9.17) is 9.97 Å². The van der Waals surface area contributed by atoms with E-state index in [2.05, 4.69) is 86.6 Å². The number of pyridine rings is 2. The molecule has 2 aromatic carbocycles. The SMILES string of the molecule is CCc1ccc([C@H](c2ccccn2)[C@H](c2ccc(CC)cc2)c2ccccn2)cc1. The van der Waals surface area contributed by atoms with Crippen molar-refractivity contribution in [3.8, 4) is 0 Å². The van der Waals surface area contributed by atoms with Crippen LogP contribution in [0.1, 0.15) is 59.3 Å². The molecule has 150 valence electrons. The molecule has 0 saturated carbocycles. The second kappa shape index (κ2) is 9.49. The lowest BCUT2D eigenvalue weighted by atomic mass is 9.76. The van der Waals surface area contributed by atoms with Crippen LogP contribution >= 0.6 is 0 Å². The smallest absolute Gasteiger partial charge is 0.0488 e. The Hall–Kier alpha value is -3.26. The standard InChI is InChI=1S/C28H28N2/c1-3-21-11-15-23(16-12-21)27(25-9-5-7-19-29-25)28(26-10-6-8-20-30-26)24-17-13-22(4-2)14-18-24/h5-20,27-28H,3-4H2,1-2H3/t27-,28-/m1/s1. The Kier molecular flexibility index (Phi) is 6.34. The summed E-state index contributed by atoms with van der Waals surface area (Å²) >= 11 is 0. The van der Waals surface area contributed by atoms with Gasteiger partial charge in [0.2, 0.25) is 0 Å². The highest BCUT2D eigenvalue weighted by Gasteiger charge is 2.30. The minimum atomic E-state index is 0.0829. The van der Waals surface area contributed by atoms with Gasteiger partial charge in [0.05, 0.1) is 0 Å². The van der Waals surface area contributed by atoms with Gasteiger partial charge in [0, 0.05) is 35.6 Å². The molecule has 4 rings (SSSR count). The van der Waals surface area contributed by atoms with Crippen molar-refractivity contribution in [2.45, 2.75) is 38.5 Å². The van der Waals surface area contributed by atoms with E-state index in [9.17, 15) is 0 Å². The third kappa shape index (κ3) is 4.33. The van der Waals surface area contributed by atoms with Gasteiger partial charge >= 0.3 is 0 Å². The fourth-order valence-corrected chi connectivity index (χ4v) is 4.11. The Morgan fingerprint density at radius 2 is 0.933 bits per heavy atom. The van der Waals surface area contributed by atoms with Gasteiger partial charge in [0.15, 0.2) is 0 Å². The average Bonchev–Trinajstić information content (AvgIpc) is 2.84. The first kappa shape index (κ1) is 20.0. The zero-order valence-electron chi connectivity index (χ0n) is 17.7. The van der Waals surface area contributed by atoms with Gasteiger partial charge in [-0.25, -0.2) is 0 Å². The van der Waals surface area contributed by atoms with E-state index in [1.54, 1.807) is 0 Å². The quantitative estimate of drug-likeness (QED) is 0.356. The summed E-state index contributed by atoms with van der Waals surface area (Å²) in [6.07, 6.45) is 5.85. The fraction of sp³-hybridized carbons (Fsp3) is 0.214. The molecule has 2 aromatic heterocycles. The predicted octanol–water partition coefficient (Wildman–Crippen LogP) is 6.57. The van der Waals surface area contributed by atoms with Crippen LogP contribution in [-0.2, 0) is 12.8 Å². The lowest BCUT2D eigenvalue weighted by Gasteiger charge is -2.28. The van der Waals surface area contributed by atoms with Gasteiger partial charge < -0.3 is 0 Å². The van der Waals surface area contributed by atoms with Crippen LogP contribution in [0.3, 0.4) is 0 Å². The number of aryl methyl sites for hydroxylation is 2. The molecule has 0 bridgehead atoms. The Morgan fingerprint density at radius 3 is 1.23 bits per heavy atom. The van der Waals surface area contributed by atoms with Gasteiger partial charge in [-0.1, -0.05) is 74.5 Å². The topological polar surface area (TPSA) is 25.8 Å². The molecule has 0 N–H and O–H groups in total. The number of nitrogens with zero attached hydrogens (tertiary/aromatic N) is 2. The molecule has 0 fully saturated rings. The second-order valence-corrected chi connectivity index (χ2v) is 7.65. The van der Waals surface area contributed by atoms with E-state index in [0.29, 0.717) is 0 Å². The maximum atomic E-state index is 4.78. The summed E-state index contributed by atoms with van der Waals surface area (Å²) in [6.45, 7) is 4.38. The molecule has 2 heterocycles. The van der Waals surface area contributed by atoms with Crippen LogP contribution in [0.2, 0.25) is 0 Å². The van der Waals surface area contributed by atoms with Crippen molar-refractivity contribution in [2.24, 2.45) is 0 Å². The first-order valence-corrected chi connectivity index (χ1v) is 10.8. The van der Waals surface area contributed by atoms with Gasteiger partial charge in [-0.15, -0.1) is 0 Å². The molecule has 2 atom stereocenters. The van der Waals surface area contributed by atoms with Gasteiger partial charge in [-0.3, -0.25) is 9.97 Å². The van der Waals surface area contributed by atoms with Gasteiger partial charge in [0.25, 0.3) is 0 Å². The monoisotopic (exact) mass is 392 g/mol. The normalized spacial score (nSPS) is 13.0. The Morgan fingerprint density at radius 1 is 0.533 bits per heavy atom. The largest absolute Gasteiger partial charge is 0.261 e. The highest BCUT2D eigenvalue weighted by atomic mass is 14.7. The van der Waals surface area contributed by atoms with Crippen molar-refractivity contribution < 1.29 is 0 Å². The molecule has 0 spiro atoms. The molecule has 4 aromatic rings. The van der Waals surface area contributed by atoms with E-state index < -0.39 is 0 Å². The predicted molar refractivity (Wildman–Crippen MR) is 124 cm³/mol. The summed E-state index contributed by atoms with van der Waals surface area (Å²) in [4.78, 5) is 9.55. The summed E-state index contributed by atoms with van der Waals surface area (Å²) in [5, 5.41) is 0. The number of aromatic nitrogens is 2. The summed E-state index contributed by atoms with van der Waals surface area (Å²) in [7, 11) is 0. The van der Waals surface area contributed by atoms with Gasteiger partial charge in [-0.2, -0.15) is 0 Å². The van der Waals surface area contributed by atoms with Crippen molar-refractivity contribution >= 4 is 0 Å². The summed E-state index contributed by atoms with van der Waals surface area (Å²) in [5.74, 6) is 0.166. The molecular weight excluding hydrogens is 364 g/mol. The van der Waals surface area contributed by atoms with E-state index >= 15 is 0 Å². The minimum absolute atomic E-state index is 0.0829. The average molecular weight is 393 g/mol. The number of rotatable bonds is 7. The third-order valence-corrected chi connectivity index (χ3v) is 5.84. The summed E-state index contributed by atoms with van der Waals surface area (Å²) in [5.41, 5.74) is 7.36. The molecular formula is C28H28N2. The van der Waals surface area contributed by atoms with Crippen molar-refractivity contribution in [1.82, 2.24) is 9.97 Å². The van der Waals surface area contributed by atoms with Crippen LogP contribution in [0.25, 0.3) is 0 Å². The highest BCUT2D eigenvalue weighted by molar-refractivity contribution is 5.42. The Bertz CT molecular complexity index is 950. The molecule has 0 saturated heterocycles. The van der Waals surface area contributed by atoms with Gasteiger partial charge in [-0.05, 0) is 59.4 Å². The van der Waals surface area contributed by atoms with Crippen LogP contribution in [0.15, 0.2) is 97.3 Å². The van der Waals surface area contributed by atoms with Crippen molar-refractivity contribution in [3.05, 3.63) is 131 Å². The van der Waals surface area contributed by atoms with Crippen molar-refractivity contribution in [2.75, 3.05) is 0 Å². The zero-order chi connectivity index (χ0) is 20.8. The zero-order valence-corrected chi connectivity index (χ0v) is 17.7. The molecule has 0 aliphatic heterocycles. The molecule has 0 unspecified atom stereocenters. The molecule has 2 heteroatoms. The van der Waals surface area contributed by atoms with Crippen LogP contribution in [0.5, 0.6) is 0 Å². The lowest BCUT2D eigenvalue weighted by molar-refractivity contribution is 0.657. The molecule has 0 amide bonds.